The molecular formula is C13H16N6O4. The van der Waals surface area contributed by atoms with Crippen LogP contribution in [-0.2, 0) is 17.9 Å². The zero-order chi connectivity index (χ0) is 17.0. The van der Waals surface area contributed by atoms with Crippen LogP contribution < -0.4 is 10.6 Å². The lowest BCUT2D eigenvalue weighted by atomic mass is 10.3. The van der Waals surface area contributed by atoms with Crippen LogP contribution in [0.4, 0.5) is 5.69 Å². The molecule has 0 aliphatic rings. The smallest absolute Gasteiger partial charge is 0.325 e. The number of hydrogen-bond acceptors (Lipinski definition) is 5. The van der Waals surface area contributed by atoms with E-state index in [4.69, 9.17) is 5.11 Å². The Balaban J connectivity index is 2.19. The van der Waals surface area contributed by atoms with Gasteiger partial charge in [-0.2, -0.15) is 10.2 Å². The molecule has 23 heavy (non-hydrogen) atoms. The van der Waals surface area contributed by atoms with Crippen molar-refractivity contribution in [1.29, 1.82) is 0 Å². The number of amides is 2. The molecule has 0 atom stereocenters. The summed E-state index contributed by atoms with van der Waals surface area (Å²) in [5.74, 6) is -2.00. The lowest BCUT2D eigenvalue weighted by Crippen LogP contribution is -2.21. The monoisotopic (exact) mass is 320 g/mol. The predicted octanol–water partition coefficient (Wildman–Crippen LogP) is -0.204. The van der Waals surface area contributed by atoms with Crippen LogP contribution in [0, 0.1) is 0 Å². The Labute approximate surface area is 131 Å². The van der Waals surface area contributed by atoms with Gasteiger partial charge < -0.3 is 15.7 Å². The molecular weight excluding hydrogens is 304 g/mol. The maximum atomic E-state index is 12.2. The highest BCUT2D eigenvalue weighted by atomic mass is 16.4. The SMILES string of the molecule is CCn1cc(NC(=O)c2cnn(CC(=O)O)c2)c(C(=O)NC)n1. The van der Waals surface area contributed by atoms with E-state index >= 15 is 0 Å². The topological polar surface area (TPSA) is 131 Å². The molecule has 2 heterocycles. The Bertz CT molecular complexity index is 747. The lowest BCUT2D eigenvalue weighted by molar-refractivity contribution is -0.137. The third-order valence-electron chi connectivity index (χ3n) is 2.97. The van der Waals surface area contributed by atoms with Gasteiger partial charge in [0, 0.05) is 26.0 Å². The number of carboxylic acids is 1. The van der Waals surface area contributed by atoms with E-state index in [0.717, 1.165) is 4.68 Å². The summed E-state index contributed by atoms with van der Waals surface area (Å²) in [4.78, 5) is 34.6. The van der Waals surface area contributed by atoms with E-state index in [1.807, 2.05) is 6.92 Å². The maximum Gasteiger partial charge on any atom is 0.325 e. The zero-order valence-corrected chi connectivity index (χ0v) is 12.6. The number of nitrogens with zero attached hydrogens (tertiary/aromatic N) is 4. The van der Waals surface area contributed by atoms with Gasteiger partial charge in [0.05, 0.1) is 17.4 Å². The molecule has 0 fully saturated rings. The summed E-state index contributed by atoms with van der Waals surface area (Å²) in [5.41, 5.74) is 0.543. The average Bonchev–Trinajstić information content (AvgIpc) is 3.12. The van der Waals surface area contributed by atoms with Crippen LogP contribution in [0.15, 0.2) is 18.6 Å². The number of rotatable bonds is 6. The van der Waals surface area contributed by atoms with E-state index in [-0.39, 0.29) is 23.5 Å². The van der Waals surface area contributed by atoms with E-state index in [1.54, 1.807) is 6.20 Å². The molecule has 0 saturated carbocycles. The molecule has 0 bridgehead atoms. The van der Waals surface area contributed by atoms with Gasteiger partial charge in [-0.3, -0.25) is 23.7 Å². The molecule has 0 aliphatic heterocycles. The van der Waals surface area contributed by atoms with Crippen LogP contribution in [0.1, 0.15) is 27.8 Å². The minimum Gasteiger partial charge on any atom is -0.480 e. The molecule has 2 rings (SSSR count). The lowest BCUT2D eigenvalue weighted by Gasteiger charge is -2.02. The summed E-state index contributed by atoms with van der Waals surface area (Å²) >= 11 is 0. The number of carbonyl (C=O) groups is 3. The highest BCUT2D eigenvalue weighted by molar-refractivity contribution is 6.08. The molecule has 0 radical (unpaired) electrons. The second-order valence-corrected chi connectivity index (χ2v) is 4.60. The summed E-state index contributed by atoms with van der Waals surface area (Å²) in [5, 5.41) is 21.6. The van der Waals surface area contributed by atoms with Gasteiger partial charge in [-0.15, -0.1) is 0 Å². The van der Waals surface area contributed by atoms with Crippen LogP contribution >= 0.6 is 0 Å². The van der Waals surface area contributed by atoms with E-state index in [2.05, 4.69) is 20.8 Å². The number of hydrogen-bond donors (Lipinski definition) is 3. The number of aryl methyl sites for hydroxylation is 1. The normalized spacial score (nSPS) is 10.3. The van der Waals surface area contributed by atoms with Crippen LogP contribution in [0.2, 0.25) is 0 Å². The zero-order valence-electron chi connectivity index (χ0n) is 12.6. The van der Waals surface area contributed by atoms with Gasteiger partial charge in [-0.25, -0.2) is 0 Å². The van der Waals surface area contributed by atoms with Gasteiger partial charge in [-0.1, -0.05) is 0 Å². The summed E-state index contributed by atoms with van der Waals surface area (Å²) < 4.78 is 2.65. The van der Waals surface area contributed by atoms with E-state index in [0.29, 0.717) is 6.54 Å². The first-order chi connectivity index (χ1) is 10.9. The highest BCUT2D eigenvalue weighted by Gasteiger charge is 2.19. The fourth-order valence-corrected chi connectivity index (χ4v) is 1.86. The molecule has 122 valence electrons. The van der Waals surface area contributed by atoms with E-state index < -0.39 is 17.8 Å². The Morgan fingerprint density at radius 3 is 2.57 bits per heavy atom. The first-order valence-corrected chi connectivity index (χ1v) is 6.79. The molecule has 0 aliphatic carbocycles. The fourth-order valence-electron chi connectivity index (χ4n) is 1.86. The Morgan fingerprint density at radius 2 is 1.96 bits per heavy atom. The van der Waals surface area contributed by atoms with Crippen molar-refractivity contribution in [3.05, 3.63) is 29.8 Å². The van der Waals surface area contributed by atoms with Gasteiger partial charge >= 0.3 is 5.97 Å². The third kappa shape index (κ3) is 3.73. The van der Waals surface area contributed by atoms with Crippen LogP contribution in [0.5, 0.6) is 0 Å². The predicted molar refractivity (Wildman–Crippen MR) is 79.1 cm³/mol. The molecule has 0 unspecified atom stereocenters. The maximum absolute atomic E-state index is 12.2. The van der Waals surface area contributed by atoms with E-state index in [1.165, 1.54) is 24.1 Å². The summed E-state index contributed by atoms with van der Waals surface area (Å²) in [6.45, 7) is 2.04. The van der Waals surface area contributed by atoms with Crippen LogP contribution in [0.25, 0.3) is 0 Å². The van der Waals surface area contributed by atoms with Gasteiger partial charge in [0.25, 0.3) is 11.8 Å². The largest absolute Gasteiger partial charge is 0.480 e. The van der Waals surface area contributed by atoms with Gasteiger partial charge in [-0.05, 0) is 6.92 Å². The number of carbonyl (C=O) groups excluding carboxylic acids is 2. The van der Waals surface area contributed by atoms with Crippen molar-refractivity contribution in [1.82, 2.24) is 24.9 Å². The van der Waals surface area contributed by atoms with Gasteiger partial charge in [0.15, 0.2) is 5.69 Å². The number of aliphatic carboxylic acids is 1. The summed E-state index contributed by atoms with van der Waals surface area (Å²) in [7, 11) is 1.47. The summed E-state index contributed by atoms with van der Waals surface area (Å²) in [6.07, 6.45) is 4.11. The number of carboxylic acid groups (broad SMARTS) is 1. The molecule has 10 heteroatoms. The fraction of sp³-hybridized carbons (Fsp3) is 0.308. The van der Waals surface area contributed by atoms with Crippen LogP contribution in [0.3, 0.4) is 0 Å². The van der Waals surface area contributed by atoms with Crippen molar-refractivity contribution in [2.75, 3.05) is 12.4 Å². The minimum atomic E-state index is -1.06. The Hall–Kier alpha value is -3.17. The van der Waals surface area contributed by atoms with Crippen molar-refractivity contribution in [3.63, 3.8) is 0 Å². The second kappa shape index (κ2) is 6.73. The second-order valence-electron chi connectivity index (χ2n) is 4.60. The van der Waals surface area contributed by atoms with Crippen molar-refractivity contribution in [2.24, 2.45) is 0 Å². The quantitative estimate of drug-likeness (QED) is 0.675. The molecule has 2 aromatic rings. The van der Waals surface area contributed by atoms with Crippen molar-refractivity contribution >= 4 is 23.5 Å². The Kier molecular flexibility index (Phi) is 4.74. The van der Waals surface area contributed by atoms with Crippen molar-refractivity contribution < 1.29 is 19.5 Å². The minimum absolute atomic E-state index is 0.0978. The van der Waals surface area contributed by atoms with E-state index in [9.17, 15) is 14.4 Å². The van der Waals surface area contributed by atoms with Gasteiger partial charge in [0.1, 0.15) is 6.54 Å². The average molecular weight is 320 g/mol. The molecule has 0 aromatic carbocycles. The standard InChI is InChI=1S/C13H16N6O4/c1-3-18-6-9(11(17-18)13(23)14-2)16-12(22)8-4-15-19(5-8)7-10(20)21/h4-6H,3,7H2,1-2H3,(H,14,23)(H,16,22)(H,20,21). The molecule has 10 nitrogen and oxygen atoms in total. The van der Waals surface area contributed by atoms with Crippen LogP contribution in [-0.4, -0.2) is 49.5 Å². The number of anilines is 1. The van der Waals surface area contributed by atoms with Crippen molar-refractivity contribution in [2.45, 2.75) is 20.0 Å². The first kappa shape index (κ1) is 16.2. The highest BCUT2D eigenvalue weighted by Crippen LogP contribution is 2.15. The number of aromatic nitrogens is 4. The molecule has 0 saturated heterocycles. The molecule has 2 amide bonds. The molecule has 2 aromatic heterocycles. The van der Waals surface area contributed by atoms with Crippen molar-refractivity contribution in [3.8, 4) is 0 Å². The third-order valence-corrected chi connectivity index (χ3v) is 2.97. The first-order valence-electron chi connectivity index (χ1n) is 6.79. The molecule has 0 spiro atoms. The summed E-state index contributed by atoms with van der Waals surface area (Å²) in [6, 6.07) is 0. The molecule has 3 N–H and O–H groups in total. The van der Waals surface area contributed by atoms with Gasteiger partial charge in [0.2, 0.25) is 0 Å². The number of nitrogens with one attached hydrogen (secondary N) is 2. The Morgan fingerprint density at radius 1 is 1.22 bits per heavy atom.